The van der Waals surface area contributed by atoms with Crippen LogP contribution in [-0.2, 0) is 0 Å². The van der Waals surface area contributed by atoms with Gasteiger partial charge in [0.15, 0.2) is 0 Å². The second-order valence-electron chi connectivity index (χ2n) is 4.51. The van der Waals surface area contributed by atoms with Gasteiger partial charge < -0.3 is 5.32 Å². The molecule has 2 rings (SSSR count). The van der Waals surface area contributed by atoms with E-state index in [9.17, 15) is 22.4 Å². The Morgan fingerprint density at radius 1 is 1.09 bits per heavy atom. The van der Waals surface area contributed by atoms with Crippen LogP contribution >= 0.6 is 11.8 Å². The molecule has 0 fully saturated rings. The molecule has 0 radical (unpaired) electrons. The molecule has 2 aromatic rings. The average Bonchev–Trinajstić information content (AvgIpc) is 2.42. The highest BCUT2D eigenvalue weighted by Crippen LogP contribution is 2.36. The predicted molar refractivity (Wildman–Crippen MR) is 77.4 cm³/mol. The average molecular weight is 329 g/mol. The van der Waals surface area contributed by atoms with Crippen LogP contribution in [0.4, 0.5) is 23.2 Å². The molecule has 0 saturated carbocycles. The molecular formula is C15H11F4NOS. The number of alkyl halides is 3. The van der Waals surface area contributed by atoms with Crippen LogP contribution in [0.5, 0.6) is 0 Å². The zero-order chi connectivity index (χ0) is 16.3. The molecule has 22 heavy (non-hydrogen) atoms. The number of thioether (sulfide) groups is 1. The van der Waals surface area contributed by atoms with Crippen molar-refractivity contribution in [3.63, 3.8) is 0 Å². The molecule has 0 bridgehead atoms. The lowest BCUT2D eigenvalue weighted by atomic mass is 10.2. The molecule has 0 spiro atoms. The first-order valence-corrected chi connectivity index (χ1v) is 6.99. The highest BCUT2D eigenvalue weighted by Gasteiger charge is 2.29. The van der Waals surface area contributed by atoms with Crippen molar-refractivity contribution in [3.8, 4) is 0 Å². The van der Waals surface area contributed by atoms with E-state index in [4.69, 9.17) is 0 Å². The fourth-order valence-corrected chi connectivity index (χ4v) is 2.28. The van der Waals surface area contributed by atoms with Crippen molar-refractivity contribution in [2.45, 2.75) is 17.3 Å². The largest absolute Gasteiger partial charge is 0.446 e. The molecule has 0 heterocycles. The number of hydrogen-bond acceptors (Lipinski definition) is 2. The van der Waals surface area contributed by atoms with Crippen molar-refractivity contribution in [2.24, 2.45) is 0 Å². The molecule has 1 N–H and O–H groups in total. The molecule has 0 aromatic heterocycles. The molecule has 116 valence electrons. The van der Waals surface area contributed by atoms with Crippen molar-refractivity contribution < 1.29 is 22.4 Å². The third-order valence-electron chi connectivity index (χ3n) is 2.72. The van der Waals surface area contributed by atoms with Crippen molar-refractivity contribution in [2.75, 3.05) is 5.32 Å². The summed E-state index contributed by atoms with van der Waals surface area (Å²) >= 11 is -0.262. The van der Waals surface area contributed by atoms with Crippen LogP contribution in [0.15, 0.2) is 47.4 Å². The van der Waals surface area contributed by atoms with Gasteiger partial charge in [0.25, 0.3) is 5.91 Å². The fraction of sp³-hybridized carbons (Fsp3) is 0.133. The lowest BCUT2D eigenvalue weighted by Crippen LogP contribution is -2.13. The zero-order valence-electron chi connectivity index (χ0n) is 11.4. The normalized spacial score (nSPS) is 11.3. The second kappa shape index (κ2) is 6.39. The summed E-state index contributed by atoms with van der Waals surface area (Å²) in [5, 5.41) is 2.39. The molecule has 0 atom stereocenters. The van der Waals surface area contributed by atoms with Gasteiger partial charge in [0.1, 0.15) is 5.82 Å². The summed E-state index contributed by atoms with van der Waals surface area (Å²) in [4.78, 5) is 11.9. The first-order chi connectivity index (χ1) is 10.2. The summed E-state index contributed by atoms with van der Waals surface area (Å²) in [5.74, 6) is -1.17. The Hall–Kier alpha value is -2.02. The van der Waals surface area contributed by atoms with E-state index in [-0.39, 0.29) is 27.9 Å². The number of rotatable bonds is 3. The highest BCUT2D eigenvalue weighted by molar-refractivity contribution is 8.00. The van der Waals surface area contributed by atoms with E-state index in [0.717, 1.165) is 5.56 Å². The van der Waals surface area contributed by atoms with Crippen LogP contribution in [-0.4, -0.2) is 11.4 Å². The Kier molecular flexibility index (Phi) is 4.75. The van der Waals surface area contributed by atoms with E-state index < -0.39 is 17.2 Å². The number of benzene rings is 2. The van der Waals surface area contributed by atoms with Gasteiger partial charge in [-0.3, -0.25) is 4.79 Å². The van der Waals surface area contributed by atoms with Crippen LogP contribution < -0.4 is 5.32 Å². The molecule has 2 nitrogen and oxygen atoms in total. The summed E-state index contributed by atoms with van der Waals surface area (Å²) in [6, 6.07) is 9.18. The number of hydrogen-bond donors (Lipinski definition) is 1. The van der Waals surface area contributed by atoms with Crippen LogP contribution in [0.3, 0.4) is 0 Å². The minimum Gasteiger partial charge on any atom is -0.319 e. The topological polar surface area (TPSA) is 29.1 Å². The highest BCUT2D eigenvalue weighted by atomic mass is 32.2. The minimum absolute atomic E-state index is 0.0224. The third-order valence-corrected chi connectivity index (χ3v) is 3.46. The van der Waals surface area contributed by atoms with E-state index in [0.29, 0.717) is 0 Å². The van der Waals surface area contributed by atoms with E-state index in [1.54, 1.807) is 13.0 Å². The predicted octanol–water partition coefficient (Wildman–Crippen LogP) is 5.00. The maximum Gasteiger partial charge on any atom is 0.446 e. The Labute approximate surface area is 128 Å². The van der Waals surface area contributed by atoms with Gasteiger partial charge in [-0.25, -0.2) is 4.39 Å². The van der Waals surface area contributed by atoms with Gasteiger partial charge in [-0.15, -0.1) is 0 Å². The monoisotopic (exact) mass is 329 g/mol. The number of anilines is 1. The third kappa shape index (κ3) is 4.49. The molecule has 1 amide bonds. The first-order valence-electron chi connectivity index (χ1n) is 6.18. The first kappa shape index (κ1) is 16.4. The van der Waals surface area contributed by atoms with Gasteiger partial charge in [-0.05, 0) is 60.6 Å². The van der Waals surface area contributed by atoms with Crippen LogP contribution in [0.1, 0.15) is 15.9 Å². The SMILES string of the molecule is Cc1ccc(F)c(NC(=O)c2ccc(SC(F)(F)F)cc2)c1. The Morgan fingerprint density at radius 2 is 1.73 bits per heavy atom. The van der Waals surface area contributed by atoms with Crippen LogP contribution in [0, 0.1) is 12.7 Å². The van der Waals surface area contributed by atoms with Crippen molar-refractivity contribution in [3.05, 3.63) is 59.4 Å². The van der Waals surface area contributed by atoms with Gasteiger partial charge in [-0.2, -0.15) is 13.2 Å². The number of carbonyl (C=O) groups excluding carboxylic acids is 1. The van der Waals surface area contributed by atoms with Gasteiger partial charge in [0, 0.05) is 10.5 Å². The molecule has 0 aliphatic carbocycles. The quantitative estimate of drug-likeness (QED) is 0.634. The van der Waals surface area contributed by atoms with E-state index in [2.05, 4.69) is 5.32 Å². The molecule has 0 saturated heterocycles. The molecule has 2 aromatic carbocycles. The molecular weight excluding hydrogens is 318 g/mol. The van der Waals surface area contributed by atoms with Gasteiger partial charge >= 0.3 is 5.51 Å². The Balaban J connectivity index is 2.11. The molecule has 0 unspecified atom stereocenters. The summed E-state index contributed by atoms with van der Waals surface area (Å²) in [7, 11) is 0. The smallest absolute Gasteiger partial charge is 0.319 e. The minimum atomic E-state index is -4.38. The van der Waals surface area contributed by atoms with Crippen molar-refractivity contribution >= 4 is 23.4 Å². The van der Waals surface area contributed by atoms with Crippen LogP contribution in [0.25, 0.3) is 0 Å². The Morgan fingerprint density at radius 3 is 2.32 bits per heavy atom. The maximum atomic E-state index is 13.6. The summed E-state index contributed by atoms with van der Waals surface area (Å²) in [6.45, 7) is 1.75. The maximum absolute atomic E-state index is 13.6. The van der Waals surface area contributed by atoms with Crippen molar-refractivity contribution in [1.29, 1.82) is 0 Å². The van der Waals surface area contributed by atoms with Gasteiger partial charge in [0.2, 0.25) is 0 Å². The number of amides is 1. The number of aryl methyl sites for hydroxylation is 1. The van der Waals surface area contributed by atoms with Crippen LogP contribution in [0.2, 0.25) is 0 Å². The van der Waals surface area contributed by atoms with E-state index in [1.807, 2.05) is 0 Å². The summed E-state index contributed by atoms with van der Waals surface area (Å²) < 4.78 is 50.2. The second-order valence-corrected chi connectivity index (χ2v) is 5.65. The zero-order valence-corrected chi connectivity index (χ0v) is 12.2. The lowest BCUT2D eigenvalue weighted by Gasteiger charge is -2.09. The molecule has 0 aliphatic heterocycles. The molecule has 7 heteroatoms. The lowest BCUT2D eigenvalue weighted by molar-refractivity contribution is -0.0328. The fourth-order valence-electron chi connectivity index (χ4n) is 1.74. The number of carbonyl (C=O) groups is 1. The Bertz CT molecular complexity index is 683. The molecule has 0 aliphatic rings. The number of nitrogens with one attached hydrogen (secondary N) is 1. The standard InChI is InChI=1S/C15H11F4NOS/c1-9-2-7-12(16)13(8-9)20-14(21)10-3-5-11(6-4-10)22-15(17,18)19/h2-8H,1H3,(H,20,21). The summed E-state index contributed by atoms with van der Waals surface area (Å²) in [5.41, 5.74) is -3.44. The van der Waals surface area contributed by atoms with E-state index >= 15 is 0 Å². The van der Waals surface area contributed by atoms with Gasteiger partial charge in [0.05, 0.1) is 5.69 Å². The van der Waals surface area contributed by atoms with Crippen molar-refractivity contribution in [1.82, 2.24) is 0 Å². The van der Waals surface area contributed by atoms with Gasteiger partial charge in [-0.1, -0.05) is 6.07 Å². The summed E-state index contributed by atoms with van der Waals surface area (Å²) in [6.07, 6.45) is 0. The van der Waals surface area contributed by atoms with E-state index in [1.165, 1.54) is 36.4 Å². The number of halogens is 4.